The molecule has 0 aromatic heterocycles. The lowest BCUT2D eigenvalue weighted by atomic mass is 9.79. The quantitative estimate of drug-likeness (QED) is 0.0917. The van der Waals surface area contributed by atoms with Gasteiger partial charge in [0.1, 0.15) is 18.8 Å². The van der Waals surface area contributed by atoms with E-state index in [1.807, 2.05) is 0 Å². The topological polar surface area (TPSA) is 233 Å². The number of rotatable bonds is 13. The number of nitro benzene ring substituents is 1. The predicted molar refractivity (Wildman–Crippen MR) is 166 cm³/mol. The van der Waals surface area contributed by atoms with Crippen molar-refractivity contribution in [3.05, 3.63) is 51.8 Å². The summed E-state index contributed by atoms with van der Waals surface area (Å²) in [4.78, 5) is 72.8. The van der Waals surface area contributed by atoms with Crippen LogP contribution in [0.2, 0.25) is 0 Å². The first-order valence-corrected chi connectivity index (χ1v) is 16.2. The Kier molecular flexibility index (Phi) is 12.0. The highest BCUT2D eigenvalue weighted by molar-refractivity contribution is 5.89. The Hall–Kier alpha value is -4.69. The number of para-hydroxylation sites is 1. The van der Waals surface area contributed by atoms with E-state index in [1.54, 1.807) is 12.1 Å². The molecule has 4 heterocycles. The number of carbonyl (C=O) groups excluding carboxylic acids is 5. The van der Waals surface area contributed by atoms with E-state index in [1.165, 1.54) is 12.1 Å². The number of hydrogen-bond acceptors (Lipinski definition) is 18. The molecule has 0 bridgehead atoms. The van der Waals surface area contributed by atoms with Crippen LogP contribution in [0.1, 0.15) is 47.2 Å². The molecule has 1 aromatic rings. The molecule has 1 unspecified atom stereocenters. The van der Waals surface area contributed by atoms with Crippen molar-refractivity contribution in [3.63, 3.8) is 0 Å². The lowest BCUT2D eigenvalue weighted by Crippen LogP contribution is -2.63. The molecule has 0 N–H and O–H groups in total. The van der Waals surface area contributed by atoms with Gasteiger partial charge < -0.3 is 52.1 Å². The first kappa shape index (κ1) is 37.1. The molecule has 11 atom stereocenters. The van der Waals surface area contributed by atoms with Crippen molar-refractivity contribution in [2.24, 2.45) is 11.8 Å². The first-order valence-electron chi connectivity index (χ1n) is 16.7. The molecule has 0 spiro atoms. The molecule has 4 aliphatic heterocycles. The number of nitrogens with zero attached hydrogens (tertiary/aromatic N) is 1. The van der Waals surface area contributed by atoms with Crippen LogP contribution >= 0.6 is 0 Å². The second-order valence-electron chi connectivity index (χ2n) is 12.1. The molecule has 0 aliphatic carbocycles. The van der Waals surface area contributed by atoms with Crippen LogP contribution in [0, 0.1) is 22.0 Å². The molecule has 1 aromatic carbocycles. The van der Waals surface area contributed by atoms with Gasteiger partial charge in [-0.25, -0.2) is 4.79 Å². The maximum atomic E-state index is 13.1. The Morgan fingerprint density at radius 2 is 1.54 bits per heavy atom. The number of nitro groups is 1. The number of benzene rings is 1. The lowest BCUT2D eigenvalue weighted by molar-refractivity contribution is -0.386. The van der Waals surface area contributed by atoms with Crippen molar-refractivity contribution < 1.29 is 82.4 Å². The normalized spacial score (nSPS) is 34.0. The van der Waals surface area contributed by atoms with Crippen LogP contribution in [0.15, 0.2) is 36.1 Å². The van der Waals surface area contributed by atoms with E-state index < -0.39 is 109 Å². The van der Waals surface area contributed by atoms with Crippen LogP contribution in [0.3, 0.4) is 0 Å². The summed E-state index contributed by atoms with van der Waals surface area (Å²) in [5.74, 6) is -6.27. The van der Waals surface area contributed by atoms with Gasteiger partial charge in [0.15, 0.2) is 24.6 Å². The summed E-state index contributed by atoms with van der Waals surface area (Å²) in [7, 11) is 1.15. The van der Waals surface area contributed by atoms with Gasteiger partial charge in [-0.2, -0.15) is 0 Å². The van der Waals surface area contributed by atoms with Crippen LogP contribution in [0.25, 0.3) is 0 Å². The molecule has 4 aliphatic rings. The Balaban J connectivity index is 1.48. The summed E-state index contributed by atoms with van der Waals surface area (Å²) in [6.07, 6.45) is -11.8. The lowest BCUT2D eigenvalue weighted by Gasteiger charge is -2.46. The smallest absolute Gasteiger partial charge is 0.337 e. The molecular weight excluding hydrogens is 698 g/mol. The third-order valence-corrected chi connectivity index (χ3v) is 8.45. The average molecular weight is 740 g/mol. The number of epoxide rings is 1. The van der Waals surface area contributed by atoms with Crippen molar-refractivity contribution >= 4 is 35.5 Å². The largest absolute Gasteiger partial charge is 0.471 e. The van der Waals surface area contributed by atoms with E-state index in [0.29, 0.717) is 0 Å². The number of methoxy groups -OCH3 is 1. The van der Waals surface area contributed by atoms with Crippen molar-refractivity contribution in [3.8, 4) is 0 Å². The van der Waals surface area contributed by atoms with E-state index in [4.69, 9.17) is 53.5 Å². The maximum Gasteiger partial charge on any atom is 0.337 e. The predicted octanol–water partition coefficient (Wildman–Crippen LogP) is 1.54. The highest BCUT2D eigenvalue weighted by Crippen LogP contribution is 2.45. The monoisotopic (exact) mass is 739 g/mol. The summed E-state index contributed by atoms with van der Waals surface area (Å²) in [6, 6.07) is 6.02. The van der Waals surface area contributed by atoms with Gasteiger partial charge in [0.05, 0.1) is 56.0 Å². The molecule has 3 fully saturated rings. The average Bonchev–Trinajstić information content (AvgIpc) is 3.66. The fourth-order valence-corrected chi connectivity index (χ4v) is 6.32. The minimum atomic E-state index is -1.72. The molecule has 19 nitrogen and oxygen atoms in total. The Bertz CT molecular complexity index is 1610. The zero-order valence-corrected chi connectivity index (χ0v) is 28.8. The van der Waals surface area contributed by atoms with Crippen molar-refractivity contribution in [1.82, 2.24) is 0 Å². The summed E-state index contributed by atoms with van der Waals surface area (Å²) in [5, 5.41) is 11.7. The third-order valence-electron chi connectivity index (χ3n) is 8.45. The second-order valence-corrected chi connectivity index (χ2v) is 12.1. The maximum absolute atomic E-state index is 13.1. The Morgan fingerprint density at radius 3 is 2.15 bits per heavy atom. The summed E-state index contributed by atoms with van der Waals surface area (Å²) < 4.78 is 71.3. The van der Waals surface area contributed by atoms with Gasteiger partial charge >= 0.3 is 29.8 Å². The van der Waals surface area contributed by atoms with E-state index in [9.17, 15) is 34.1 Å². The second kappa shape index (κ2) is 16.8. The van der Waals surface area contributed by atoms with Crippen LogP contribution in [-0.4, -0.2) is 111 Å². The SMILES string of the molecule is [3H][C@]1([C@H]2[C@H](O[C@@H]3O[C@H](COC(C)=O)[C@@H](OC(C)=O)[C@H](OC(C)=O)[C@H]3OC(C)=O)OC=C(C(=O)OC)[C@H]2C[C@@H]2OCC(c3ccccc3[N+](=O)[O-])O2)CO1. The van der Waals surface area contributed by atoms with Crippen LogP contribution in [-0.2, 0) is 76.1 Å². The molecule has 3 saturated heterocycles. The number of hydrogen-bond donors (Lipinski definition) is 0. The molecule has 19 heteroatoms. The molecule has 52 heavy (non-hydrogen) atoms. The molecular formula is C33H39NO18. The minimum Gasteiger partial charge on any atom is -0.471 e. The molecule has 0 saturated carbocycles. The van der Waals surface area contributed by atoms with E-state index >= 15 is 0 Å². The number of esters is 5. The van der Waals surface area contributed by atoms with Gasteiger partial charge in [0.2, 0.25) is 12.6 Å². The van der Waals surface area contributed by atoms with Crippen LogP contribution in [0.4, 0.5) is 5.69 Å². The highest BCUT2D eigenvalue weighted by Gasteiger charge is 2.57. The van der Waals surface area contributed by atoms with Gasteiger partial charge in [0.25, 0.3) is 5.69 Å². The third kappa shape index (κ3) is 9.20. The fraction of sp³-hybridized carbons (Fsp3) is 0.606. The Morgan fingerprint density at radius 1 is 0.885 bits per heavy atom. The van der Waals surface area contributed by atoms with Gasteiger partial charge in [-0.05, 0) is 6.07 Å². The summed E-state index contributed by atoms with van der Waals surface area (Å²) in [5.41, 5.74) is 0.0672. The summed E-state index contributed by atoms with van der Waals surface area (Å²) in [6.45, 7) is 3.61. The van der Waals surface area contributed by atoms with Gasteiger partial charge in [-0.3, -0.25) is 29.3 Å². The number of carbonyl (C=O) groups is 5. The van der Waals surface area contributed by atoms with Gasteiger partial charge in [0, 0.05) is 46.1 Å². The van der Waals surface area contributed by atoms with Crippen molar-refractivity contribution in [1.29, 1.82) is 0 Å². The van der Waals surface area contributed by atoms with Crippen LogP contribution in [0.5, 0.6) is 0 Å². The van der Waals surface area contributed by atoms with Gasteiger partial charge in [-0.15, -0.1) is 0 Å². The van der Waals surface area contributed by atoms with Gasteiger partial charge in [-0.1, -0.05) is 12.1 Å². The molecule has 5 rings (SSSR count). The van der Waals surface area contributed by atoms with E-state index in [0.717, 1.165) is 41.1 Å². The first-order chi connectivity index (χ1) is 25.1. The van der Waals surface area contributed by atoms with E-state index in [-0.39, 0.29) is 36.5 Å². The standard InChI is InChI=1S/C33H39NO18/c1-15(35)43-14-25-28(47-16(2)36)29(48-17(3)37)30(49-18(4)38)33(51-25)52-32-27(24-13-44-24)20(21(11-46-32)31(39)42-5)10-26-45-12-23(50-26)19-8-6-7-9-22(19)34(40)41/h6-9,11,20,23-30,32-33H,10,12-14H2,1-5H3/t20-,23?,24-,25-,26-,27+,28-,29+,30-,32+,33+/m1/s1/i24T. The fourth-order valence-electron chi connectivity index (χ4n) is 6.32. The molecule has 284 valence electrons. The van der Waals surface area contributed by atoms with Crippen molar-refractivity contribution in [2.75, 3.05) is 26.9 Å². The molecule has 0 radical (unpaired) electrons. The van der Waals surface area contributed by atoms with Crippen molar-refractivity contribution in [2.45, 2.75) is 89.6 Å². The molecule has 0 amide bonds. The number of ether oxygens (including phenoxy) is 11. The van der Waals surface area contributed by atoms with Crippen LogP contribution < -0.4 is 0 Å². The zero-order valence-electron chi connectivity index (χ0n) is 29.8. The highest BCUT2D eigenvalue weighted by atomic mass is 16.8. The summed E-state index contributed by atoms with van der Waals surface area (Å²) >= 11 is 0. The Labute approximate surface area is 298 Å². The minimum absolute atomic E-state index is 0.0395. The van der Waals surface area contributed by atoms with E-state index in [2.05, 4.69) is 0 Å². The zero-order chi connectivity index (χ0) is 38.6.